The van der Waals surface area contributed by atoms with Gasteiger partial charge in [-0.2, -0.15) is 0 Å². The second-order valence-electron chi connectivity index (χ2n) is 8.72. The molecule has 1 aromatic carbocycles. The molecule has 0 aliphatic carbocycles. The van der Waals surface area contributed by atoms with Gasteiger partial charge >= 0.3 is 0 Å². The zero-order chi connectivity index (χ0) is 24.3. The van der Waals surface area contributed by atoms with Gasteiger partial charge in [-0.1, -0.05) is 42.3 Å². The lowest BCUT2D eigenvalue weighted by Crippen LogP contribution is -2.47. The Hall–Kier alpha value is -4.03. The van der Waals surface area contributed by atoms with Crippen LogP contribution in [-0.4, -0.2) is 55.8 Å². The van der Waals surface area contributed by atoms with Crippen LogP contribution < -0.4 is 10.2 Å². The van der Waals surface area contributed by atoms with E-state index in [4.69, 9.17) is 0 Å². The van der Waals surface area contributed by atoms with Crippen LogP contribution in [0.15, 0.2) is 42.5 Å². The summed E-state index contributed by atoms with van der Waals surface area (Å²) < 4.78 is 0. The molecule has 0 bridgehead atoms. The average molecular weight is 459 g/mol. The molecule has 4 rings (SSSR count). The molecule has 3 heterocycles. The number of aromatic nitrogens is 4. The monoisotopic (exact) mass is 458 g/mol. The van der Waals surface area contributed by atoms with Gasteiger partial charge in [-0.3, -0.25) is 19.6 Å². The number of aliphatic hydroxyl groups is 1. The molecule has 0 spiro atoms. The molecule has 9 nitrogen and oxygen atoms in total. The third-order valence-corrected chi connectivity index (χ3v) is 5.36. The molecular formula is C25H26N6O3. The fourth-order valence-corrected chi connectivity index (χ4v) is 3.63. The first-order valence-electron chi connectivity index (χ1n) is 11.0. The van der Waals surface area contributed by atoms with Crippen LogP contribution in [0.1, 0.15) is 53.5 Å². The van der Waals surface area contributed by atoms with Crippen molar-refractivity contribution < 1.29 is 14.7 Å². The topological polar surface area (TPSA) is 124 Å². The largest absolute Gasteiger partial charge is 0.378 e. The number of fused-ring (bicyclic) bond motifs is 1. The Labute approximate surface area is 197 Å². The molecular weight excluding hydrogens is 432 g/mol. The van der Waals surface area contributed by atoms with Gasteiger partial charge in [0.25, 0.3) is 5.91 Å². The molecule has 3 N–H and O–H groups in total. The number of amides is 2. The fraction of sp³-hybridized carbons (Fsp3) is 0.320. The molecule has 0 saturated carbocycles. The summed E-state index contributed by atoms with van der Waals surface area (Å²) in [5.74, 6) is 5.81. The molecule has 0 fully saturated rings. The zero-order valence-electron chi connectivity index (χ0n) is 19.3. The first-order valence-corrected chi connectivity index (χ1v) is 11.0. The van der Waals surface area contributed by atoms with Crippen molar-refractivity contribution in [3.8, 4) is 11.8 Å². The van der Waals surface area contributed by atoms with Crippen LogP contribution in [0.4, 0.5) is 5.82 Å². The molecule has 2 amide bonds. The van der Waals surface area contributed by atoms with Crippen molar-refractivity contribution >= 4 is 17.6 Å². The molecule has 1 aliphatic heterocycles. The van der Waals surface area contributed by atoms with Crippen LogP contribution >= 0.6 is 0 Å². The van der Waals surface area contributed by atoms with Crippen molar-refractivity contribution in [2.24, 2.45) is 0 Å². The molecule has 3 aromatic rings. The first-order chi connectivity index (χ1) is 16.2. The van der Waals surface area contributed by atoms with Gasteiger partial charge in [-0.15, -0.1) is 5.10 Å². The molecule has 1 unspecified atom stereocenters. The molecule has 34 heavy (non-hydrogen) atoms. The summed E-state index contributed by atoms with van der Waals surface area (Å²) >= 11 is 0. The lowest BCUT2D eigenvalue weighted by molar-refractivity contribution is -0.120. The Morgan fingerprint density at radius 3 is 2.74 bits per heavy atom. The molecule has 0 saturated heterocycles. The van der Waals surface area contributed by atoms with Gasteiger partial charge in [0, 0.05) is 13.5 Å². The number of likely N-dealkylation sites (N-methyl/N-ethyl adjacent to an activating group) is 1. The molecule has 0 radical (unpaired) electrons. The number of aromatic amines is 1. The van der Waals surface area contributed by atoms with Crippen molar-refractivity contribution in [2.75, 3.05) is 11.9 Å². The van der Waals surface area contributed by atoms with Crippen LogP contribution in [0.5, 0.6) is 0 Å². The average Bonchev–Trinajstić information content (AvgIpc) is 3.24. The van der Waals surface area contributed by atoms with E-state index in [0.29, 0.717) is 36.6 Å². The van der Waals surface area contributed by atoms with E-state index in [0.717, 1.165) is 11.1 Å². The fourth-order valence-electron chi connectivity index (χ4n) is 3.63. The SMILES string of the molecule is CN1C(=O)C(NC(=O)c2n[nH]c(Cc3ccccc3)n2)CCc2ccc(C#CC(C)(C)O)nc21. The van der Waals surface area contributed by atoms with Gasteiger partial charge in [0.2, 0.25) is 11.7 Å². The predicted molar refractivity (Wildman–Crippen MR) is 126 cm³/mol. The minimum atomic E-state index is -1.15. The van der Waals surface area contributed by atoms with Crippen LogP contribution in [0.3, 0.4) is 0 Å². The second-order valence-corrected chi connectivity index (χ2v) is 8.72. The molecule has 174 valence electrons. The summed E-state index contributed by atoms with van der Waals surface area (Å²) in [4.78, 5) is 36.1. The van der Waals surface area contributed by atoms with Crippen molar-refractivity contribution in [1.82, 2.24) is 25.5 Å². The highest BCUT2D eigenvalue weighted by Gasteiger charge is 2.31. The van der Waals surface area contributed by atoms with Gasteiger partial charge in [0.15, 0.2) is 0 Å². The number of aryl methyl sites for hydroxylation is 1. The standard InChI is InChI=1S/C25H26N6O3/c1-25(2,34)14-13-18-11-9-17-10-12-19(24(33)31(3)22(17)26-18)27-23(32)21-28-20(29-30-21)15-16-7-5-4-6-8-16/h4-9,11,19,34H,10,12,15H2,1-3H3,(H,27,32)(H,28,29,30). The van der Waals surface area contributed by atoms with Gasteiger partial charge in [0.05, 0.1) is 0 Å². The van der Waals surface area contributed by atoms with E-state index in [1.54, 1.807) is 27.0 Å². The summed E-state index contributed by atoms with van der Waals surface area (Å²) in [5, 5.41) is 19.4. The summed E-state index contributed by atoms with van der Waals surface area (Å²) in [7, 11) is 1.62. The number of benzene rings is 1. The summed E-state index contributed by atoms with van der Waals surface area (Å²) in [5.41, 5.74) is 1.23. The quantitative estimate of drug-likeness (QED) is 0.511. The molecule has 1 atom stereocenters. The summed E-state index contributed by atoms with van der Waals surface area (Å²) in [6.07, 6.45) is 1.49. The summed E-state index contributed by atoms with van der Waals surface area (Å²) in [6.45, 7) is 3.18. The van der Waals surface area contributed by atoms with Gasteiger partial charge in [-0.25, -0.2) is 9.97 Å². The summed E-state index contributed by atoms with van der Waals surface area (Å²) in [6, 6.07) is 12.6. The Kier molecular flexibility index (Phi) is 6.43. The highest BCUT2D eigenvalue weighted by molar-refractivity contribution is 6.01. The number of rotatable bonds is 4. The van der Waals surface area contributed by atoms with Crippen molar-refractivity contribution in [3.63, 3.8) is 0 Å². The van der Waals surface area contributed by atoms with Gasteiger partial charge in [0.1, 0.15) is 29.0 Å². The molecule has 1 aliphatic rings. The number of nitrogens with zero attached hydrogens (tertiary/aromatic N) is 4. The van der Waals surface area contributed by atoms with E-state index in [9.17, 15) is 14.7 Å². The highest BCUT2D eigenvalue weighted by atomic mass is 16.3. The zero-order valence-corrected chi connectivity index (χ0v) is 19.3. The number of carbonyl (C=O) groups excluding carboxylic acids is 2. The minimum absolute atomic E-state index is 0.00884. The molecule has 9 heteroatoms. The Morgan fingerprint density at radius 2 is 2.00 bits per heavy atom. The number of hydrogen-bond acceptors (Lipinski definition) is 6. The van der Waals surface area contributed by atoms with Crippen LogP contribution in [0.25, 0.3) is 0 Å². The lowest BCUT2D eigenvalue weighted by Gasteiger charge is -2.21. The Morgan fingerprint density at radius 1 is 1.24 bits per heavy atom. The third kappa shape index (κ3) is 5.47. The molecule has 2 aromatic heterocycles. The second kappa shape index (κ2) is 9.45. The van der Waals surface area contributed by atoms with E-state index in [-0.39, 0.29) is 11.7 Å². The van der Waals surface area contributed by atoms with E-state index < -0.39 is 17.6 Å². The maximum atomic E-state index is 13.1. The maximum Gasteiger partial charge on any atom is 0.291 e. The maximum absolute atomic E-state index is 13.1. The predicted octanol–water partition coefficient (Wildman–Crippen LogP) is 1.62. The lowest BCUT2D eigenvalue weighted by atomic mass is 10.1. The number of anilines is 1. The first kappa shape index (κ1) is 23.1. The Balaban J connectivity index is 1.46. The van der Waals surface area contributed by atoms with E-state index in [2.05, 4.69) is 37.3 Å². The van der Waals surface area contributed by atoms with Crippen LogP contribution in [0.2, 0.25) is 0 Å². The number of carbonyl (C=O) groups is 2. The Bertz CT molecular complexity index is 1270. The van der Waals surface area contributed by atoms with Crippen LogP contribution in [-0.2, 0) is 17.6 Å². The minimum Gasteiger partial charge on any atom is -0.378 e. The van der Waals surface area contributed by atoms with E-state index in [1.165, 1.54) is 4.90 Å². The van der Waals surface area contributed by atoms with Crippen LogP contribution in [0, 0.1) is 11.8 Å². The highest BCUT2D eigenvalue weighted by Crippen LogP contribution is 2.24. The number of nitrogens with one attached hydrogen (secondary N) is 2. The van der Waals surface area contributed by atoms with Crippen molar-refractivity contribution in [3.05, 3.63) is 70.9 Å². The third-order valence-electron chi connectivity index (χ3n) is 5.36. The van der Waals surface area contributed by atoms with Gasteiger partial charge < -0.3 is 10.4 Å². The van der Waals surface area contributed by atoms with Gasteiger partial charge in [-0.05, 0) is 49.8 Å². The van der Waals surface area contributed by atoms with E-state index in [1.807, 2.05) is 36.4 Å². The number of H-pyrrole nitrogens is 1. The van der Waals surface area contributed by atoms with Crippen molar-refractivity contribution in [1.29, 1.82) is 0 Å². The number of pyridine rings is 1. The normalized spacial score (nSPS) is 15.7. The van der Waals surface area contributed by atoms with E-state index >= 15 is 0 Å². The smallest absolute Gasteiger partial charge is 0.291 e. The number of hydrogen-bond donors (Lipinski definition) is 3. The van der Waals surface area contributed by atoms with Crippen molar-refractivity contribution in [2.45, 2.75) is 44.8 Å².